The largest absolute Gasteiger partial charge is 0.462 e. The highest BCUT2D eigenvalue weighted by molar-refractivity contribution is 7.15. The summed E-state index contributed by atoms with van der Waals surface area (Å²) >= 11 is 1.32. The van der Waals surface area contributed by atoms with Crippen LogP contribution in [0.25, 0.3) is 10.8 Å². The van der Waals surface area contributed by atoms with Gasteiger partial charge in [0.2, 0.25) is 0 Å². The Bertz CT molecular complexity index is 912. The van der Waals surface area contributed by atoms with Crippen LogP contribution in [0, 0.1) is 24.1 Å². The lowest BCUT2D eigenvalue weighted by Crippen LogP contribution is -2.32. The van der Waals surface area contributed by atoms with Gasteiger partial charge in [-0.2, -0.15) is 5.26 Å². The lowest BCUT2D eigenvalue weighted by Gasteiger charge is -2.19. The molecule has 0 aliphatic rings. The van der Waals surface area contributed by atoms with Crippen LogP contribution < -0.4 is 4.90 Å². The van der Waals surface area contributed by atoms with Crippen molar-refractivity contribution in [3.8, 4) is 16.8 Å². The van der Waals surface area contributed by atoms with Gasteiger partial charge in [0.05, 0.1) is 12.3 Å². The zero-order chi connectivity index (χ0) is 17.1. The first-order chi connectivity index (χ1) is 11.6. The third-order valence-electron chi connectivity index (χ3n) is 3.32. The van der Waals surface area contributed by atoms with Crippen LogP contribution >= 0.6 is 11.3 Å². The van der Waals surface area contributed by atoms with Crippen molar-refractivity contribution in [1.29, 1.82) is 5.26 Å². The van der Waals surface area contributed by atoms with Crippen molar-refractivity contribution in [2.24, 2.45) is 0 Å². The molecule has 0 atom stereocenters. The molecule has 0 unspecified atom stereocenters. The Morgan fingerprint density at radius 1 is 1.42 bits per heavy atom. The van der Waals surface area contributed by atoms with E-state index < -0.39 is 11.7 Å². The van der Waals surface area contributed by atoms with Crippen molar-refractivity contribution in [2.75, 3.05) is 11.4 Å². The fourth-order valence-corrected chi connectivity index (χ4v) is 3.10. The number of amides is 1. The second-order valence-electron chi connectivity index (χ2n) is 4.93. The van der Waals surface area contributed by atoms with Crippen molar-refractivity contribution in [3.63, 3.8) is 0 Å². The molecule has 2 aromatic heterocycles. The summed E-state index contributed by atoms with van der Waals surface area (Å²) < 4.78 is 18.8. The van der Waals surface area contributed by atoms with E-state index in [4.69, 9.17) is 9.68 Å². The first-order valence-corrected chi connectivity index (χ1v) is 7.87. The molecule has 0 aliphatic carbocycles. The number of nitrogens with zero attached hydrogens (tertiary/aromatic N) is 3. The van der Waals surface area contributed by atoms with E-state index in [0.29, 0.717) is 21.3 Å². The fraction of sp³-hybridized carbons (Fsp3) is 0.118. The van der Waals surface area contributed by atoms with Gasteiger partial charge in [-0.25, -0.2) is 9.37 Å². The summed E-state index contributed by atoms with van der Waals surface area (Å²) in [6.45, 7) is 1.57. The van der Waals surface area contributed by atoms with Gasteiger partial charge in [0, 0.05) is 10.6 Å². The first-order valence-electron chi connectivity index (χ1n) is 7.06. The Balaban J connectivity index is 1.98. The molecule has 7 heteroatoms. The maximum atomic E-state index is 13.5. The summed E-state index contributed by atoms with van der Waals surface area (Å²) in [5.74, 6) is -0.358. The van der Waals surface area contributed by atoms with E-state index in [-0.39, 0.29) is 12.2 Å². The lowest BCUT2D eigenvalue weighted by molar-refractivity contribution is 0.0985. The normalized spacial score (nSPS) is 10.4. The molecule has 120 valence electrons. The van der Waals surface area contributed by atoms with E-state index in [9.17, 15) is 9.18 Å². The SMILES string of the molecule is Cc1sc(-c2ccco2)nc1C(=O)N(CC#N)c1cccc(F)c1. The topological polar surface area (TPSA) is 70.1 Å². The zero-order valence-electron chi connectivity index (χ0n) is 12.7. The molecule has 5 nitrogen and oxygen atoms in total. The monoisotopic (exact) mass is 341 g/mol. The molecule has 0 bridgehead atoms. The number of carbonyl (C=O) groups is 1. The van der Waals surface area contributed by atoms with Crippen LogP contribution in [-0.4, -0.2) is 17.4 Å². The predicted molar refractivity (Wildman–Crippen MR) is 88.2 cm³/mol. The van der Waals surface area contributed by atoms with Gasteiger partial charge in [0.25, 0.3) is 5.91 Å². The van der Waals surface area contributed by atoms with Crippen molar-refractivity contribution in [2.45, 2.75) is 6.92 Å². The summed E-state index contributed by atoms with van der Waals surface area (Å²) in [5, 5.41) is 9.60. The molecule has 0 spiro atoms. The molecule has 0 saturated carbocycles. The van der Waals surface area contributed by atoms with Crippen LogP contribution in [0.2, 0.25) is 0 Å². The van der Waals surface area contributed by atoms with Gasteiger partial charge in [-0.1, -0.05) is 6.07 Å². The molecule has 1 amide bonds. The predicted octanol–water partition coefficient (Wildman–Crippen LogP) is 4.02. The molecular weight excluding hydrogens is 329 g/mol. The Morgan fingerprint density at radius 3 is 2.92 bits per heavy atom. The minimum absolute atomic E-state index is 0.199. The average molecular weight is 341 g/mol. The van der Waals surface area contributed by atoms with Crippen molar-refractivity contribution in [3.05, 3.63) is 59.0 Å². The maximum Gasteiger partial charge on any atom is 0.278 e. The second-order valence-corrected chi connectivity index (χ2v) is 6.13. The van der Waals surface area contributed by atoms with E-state index in [0.717, 1.165) is 0 Å². The molecular formula is C17H12FN3O2S. The molecule has 0 aliphatic heterocycles. The zero-order valence-corrected chi connectivity index (χ0v) is 13.5. The Morgan fingerprint density at radius 2 is 2.25 bits per heavy atom. The summed E-state index contributed by atoms with van der Waals surface area (Å²) in [7, 11) is 0. The number of thiazole rings is 1. The number of aromatic nitrogens is 1. The van der Waals surface area contributed by atoms with Gasteiger partial charge in [-0.3, -0.25) is 9.69 Å². The van der Waals surface area contributed by atoms with Gasteiger partial charge in [0.1, 0.15) is 18.1 Å². The minimum Gasteiger partial charge on any atom is -0.462 e. The molecule has 3 rings (SSSR count). The van der Waals surface area contributed by atoms with Gasteiger partial charge in [-0.15, -0.1) is 11.3 Å². The molecule has 24 heavy (non-hydrogen) atoms. The molecule has 0 saturated heterocycles. The minimum atomic E-state index is -0.477. The van der Waals surface area contributed by atoms with Crippen LogP contribution in [0.15, 0.2) is 47.1 Å². The number of aryl methyl sites for hydroxylation is 1. The third-order valence-corrected chi connectivity index (χ3v) is 4.31. The number of anilines is 1. The van der Waals surface area contributed by atoms with E-state index in [2.05, 4.69) is 4.98 Å². The Hall–Kier alpha value is -2.98. The summed E-state index contributed by atoms with van der Waals surface area (Å²) in [6, 6.07) is 11.0. The fourth-order valence-electron chi connectivity index (χ4n) is 2.22. The maximum absolute atomic E-state index is 13.5. The molecule has 1 aromatic carbocycles. The molecule has 2 heterocycles. The second kappa shape index (κ2) is 6.64. The van der Waals surface area contributed by atoms with Crippen molar-refractivity contribution < 1.29 is 13.6 Å². The summed E-state index contributed by atoms with van der Waals surface area (Å²) in [5.41, 5.74) is 0.541. The molecule has 0 N–H and O–H groups in total. The Kier molecular flexibility index (Phi) is 4.40. The number of hydrogen-bond acceptors (Lipinski definition) is 5. The lowest BCUT2D eigenvalue weighted by atomic mass is 10.2. The first kappa shape index (κ1) is 15.9. The number of rotatable bonds is 4. The molecule has 0 radical (unpaired) electrons. The van der Waals surface area contributed by atoms with Gasteiger partial charge < -0.3 is 4.42 Å². The van der Waals surface area contributed by atoms with Crippen molar-refractivity contribution in [1.82, 2.24) is 4.98 Å². The van der Waals surface area contributed by atoms with E-state index in [1.54, 1.807) is 25.1 Å². The van der Waals surface area contributed by atoms with Crippen LogP contribution in [0.5, 0.6) is 0 Å². The highest BCUT2D eigenvalue weighted by Crippen LogP contribution is 2.29. The number of nitriles is 1. The van der Waals surface area contributed by atoms with Crippen LogP contribution in [0.3, 0.4) is 0 Å². The van der Waals surface area contributed by atoms with Gasteiger partial charge in [-0.05, 0) is 37.3 Å². The van der Waals surface area contributed by atoms with E-state index in [1.165, 1.54) is 40.7 Å². The molecule has 3 aromatic rings. The van der Waals surface area contributed by atoms with E-state index >= 15 is 0 Å². The van der Waals surface area contributed by atoms with E-state index in [1.807, 2.05) is 6.07 Å². The van der Waals surface area contributed by atoms with Crippen molar-refractivity contribution >= 4 is 22.9 Å². The average Bonchev–Trinajstić information content (AvgIpc) is 3.21. The number of halogens is 1. The highest BCUT2D eigenvalue weighted by atomic mass is 32.1. The number of hydrogen-bond donors (Lipinski definition) is 0. The summed E-state index contributed by atoms with van der Waals surface area (Å²) in [6.07, 6.45) is 1.53. The van der Waals surface area contributed by atoms with Crippen LogP contribution in [-0.2, 0) is 0 Å². The van der Waals surface area contributed by atoms with Crippen LogP contribution in [0.4, 0.5) is 10.1 Å². The summed E-state index contributed by atoms with van der Waals surface area (Å²) in [4.78, 5) is 19.1. The number of benzene rings is 1. The van der Waals surface area contributed by atoms with Gasteiger partial charge >= 0.3 is 0 Å². The molecule has 0 fully saturated rings. The van der Waals surface area contributed by atoms with Gasteiger partial charge in [0.15, 0.2) is 10.8 Å². The quantitative estimate of drug-likeness (QED) is 0.672. The smallest absolute Gasteiger partial charge is 0.278 e. The number of carbonyl (C=O) groups excluding carboxylic acids is 1. The highest BCUT2D eigenvalue weighted by Gasteiger charge is 2.24. The Labute approximate surface area is 141 Å². The number of furan rings is 1. The van der Waals surface area contributed by atoms with Crippen LogP contribution in [0.1, 0.15) is 15.4 Å². The third kappa shape index (κ3) is 3.05. The standard InChI is InChI=1S/C17H12FN3O2S/c1-11-15(20-16(24-11)14-6-3-9-23-14)17(22)21(8-7-19)13-5-2-4-12(18)10-13/h2-6,9-10H,8H2,1H3.